The first kappa shape index (κ1) is 26.0. The molecule has 2 aliphatic heterocycles. The molecule has 5 nitrogen and oxygen atoms in total. The maximum absolute atomic E-state index is 14.1. The van der Waals surface area contributed by atoms with Gasteiger partial charge in [0, 0.05) is 82.1 Å². The van der Waals surface area contributed by atoms with Crippen molar-refractivity contribution < 1.29 is 19.8 Å². The van der Waals surface area contributed by atoms with Gasteiger partial charge in [-0.15, -0.1) is 45.9 Å². The number of amides is 2. The third kappa shape index (κ3) is 5.34. The number of alkyl halides is 2. The molecule has 0 saturated carbocycles. The van der Waals surface area contributed by atoms with E-state index in [-0.39, 0.29) is 36.7 Å². The van der Waals surface area contributed by atoms with Gasteiger partial charge < -0.3 is 14.5 Å². The van der Waals surface area contributed by atoms with Crippen LogP contribution in [0.1, 0.15) is 85.1 Å². The number of carbonyl (C=O) groups excluding carboxylic acids is 2. The number of halogens is 2. The minimum atomic E-state index is -2.71. The Morgan fingerprint density at radius 1 is 0.860 bits per heavy atom. The average molecular weight is 662 g/mol. The molecule has 2 aromatic carbocycles. The molecule has 0 radical (unpaired) electrons. The number of rotatable bonds is 7. The lowest BCUT2D eigenvalue weighted by Gasteiger charge is -2.24. The highest BCUT2D eigenvalue weighted by Crippen LogP contribution is 2.50. The minimum absolute atomic E-state index is 0.143. The van der Waals surface area contributed by atoms with Crippen LogP contribution in [0.5, 0.6) is 5.75 Å². The molecule has 0 saturated heterocycles. The van der Waals surface area contributed by atoms with E-state index in [4.69, 9.17) is 33.4 Å². The molecule has 4 heterocycles. The Morgan fingerprint density at radius 3 is 1.86 bits per heavy atom. The Kier molecular flexibility index (Phi) is 6.97. The standard InChI is InChI=1S/C34H38Cl2N2O3S2/c1-18-10-23-30(28-19(2)16-42-32(18)28)21(12-35)14-37(23)26(39)8-7-9-27(40)38-15-22(13-36)31-24(38)11-25(41-34(4,5)6)33-29(31)20(3)17-43-33/h10-11,16-17,21-22H,7-9,12-15H2,1-6H3/t21-,22-/m1/s1/i8D2,9D2. The van der Waals surface area contributed by atoms with Gasteiger partial charge in [-0.1, -0.05) is 0 Å². The van der Waals surface area contributed by atoms with Crippen molar-refractivity contribution in [1.29, 1.82) is 0 Å². The smallest absolute Gasteiger partial charge is 0.227 e. The van der Waals surface area contributed by atoms with Crippen LogP contribution in [0.4, 0.5) is 11.4 Å². The molecule has 228 valence electrons. The van der Waals surface area contributed by atoms with Crippen molar-refractivity contribution >= 4 is 89.2 Å². The monoisotopic (exact) mass is 660 g/mol. The van der Waals surface area contributed by atoms with E-state index in [9.17, 15) is 9.59 Å². The molecular weight excluding hydrogens is 619 g/mol. The number of anilines is 2. The largest absolute Gasteiger partial charge is 0.487 e. The van der Waals surface area contributed by atoms with E-state index in [0.717, 1.165) is 48.0 Å². The Bertz CT molecular complexity index is 1930. The Labute approximate surface area is 277 Å². The fraction of sp³-hybridized carbons (Fsp3) is 0.471. The van der Waals surface area contributed by atoms with E-state index < -0.39 is 36.6 Å². The van der Waals surface area contributed by atoms with E-state index in [0.29, 0.717) is 17.1 Å². The number of ether oxygens (including phenoxy) is 1. The first-order chi connectivity index (χ1) is 21.9. The maximum atomic E-state index is 14.1. The van der Waals surface area contributed by atoms with E-state index in [1.54, 1.807) is 28.7 Å². The zero-order chi connectivity index (χ0) is 34.4. The summed E-state index contributed by atoms with van der Waals surface area (Å²) in [5.74, 6) is -1.18. The molecule has 0 unspecified atom stereocenters. The van der Waals surface area contributed by atoms with E-state index in [2.05, 4.69) is 5.38 Å². The van der Waals surface area contributed by atoms with E-state index in [1.807, 2.05) is 53.0 Å². The quantitative estimate of drug-likeness (QED) is 0.186. The van der Waals surface area contributed by atoms with Gasteiger partial charge in [0.15, 0.2) is 0 Å². The van der Waals surface area contributed by atoms with Crippen LogP contribution in [0.3, 0.4) is 0 Å². The van der Waals surface area contributed by atoms with Gasteiger partial charge in [-0.3, -0.25) is 9.59 Å². The molecule has 2 aliphatic rings. The lowest BCUT2D eigenvalue weighted by atomic mass is 9.95. The second kappa shape index (κ2) is 11.6. The Hall–Kier alpha value is -2.32. The summed E-state index contributed by atoms with van der Waals surface area (Å²) in [6.45, 7) is 12.1. The van der Waals surface area contributed by atoms with Crippen LogP contribution in [-0.4, -0.2) is 42.3 Å². The number of benzene rings is 2. The van der Waals surface area contributed by atoms with Crippen LogP contribution < -0.4 is 14.5 Å². The zero-order valence-corrected chi connectivity index (χ0v) is 28.3. The molecule has 0 fully saturated rings. The second-order valence-electron chi connectivity index (χ2n) is 12.5. The van der Waals surface area contributed by atoms with Crippen LogP contribution in [0.25, 0.3) is 20.2 Å². The lowest BCUT2D eigenvalue weighted by Crippen LogP contribution is -2.32. The van der Waals surface area contributed by atoms with Gasteiger partial charge in [0.2, 0.25) is 11.8 Å². The summed E-state index contributed by atoms with van der Waals surface area (Å²) in [4.78, 5) is 30.9. The highest BCUT2D eigenvalue weighted by atomic mass is 35.5. The summed E-state index contributed by atoms with van der Waals surface area (Å²) in [7, 11) is 0. The van der Waals surface area contributed by atoms with Crippen molar-refractivity contribution in [3.05, 3.63) is 50.7 Å². The summed E-state index contributed by atoms with van der Waals surface area (Å²) in [5, 5.41) is 6.10. The molecule has 2 atom stereocenters. The van der Waals surface area contributed by atoms with Crippen molar-refractivity contribution in [3.63, 3.8) is 0 Å². The summed E-state index contributed by atoms with van der Waals surface area (Å²) < 4.78 is 43.9. The number of hydrogen-bond acceptors (Lipinski definition) is 5. The van der Waals surface area contributed by atoms with E-state index >= 15 is 0 Å². The zero-order valence-electron chi connectivity index (χ0n) is 29.2. The molecule has 6 rings (SSSR count). The van der Waals surface area contributed by atoms with Crippen molar-refractivity contribution in [3.8, 4) is 5.75 Å². The number of hydrogen-bond donors (Lipinski definition) is 0. The highest BCUT2D eigenvalue weighted by molar-refractivity contribution is 7.18. The number of fused-ring (bicyclic) bond motifs is 6. The topological polar surface area (TPSA) is 49.9 Å². The fourth-order valence-electron chi connectivity index (χ4n) is 6.42. The average Bonchev–Trinajstić information content (AvgIpc) is 3.74. The molecule has 43 heavy (non-hydrogen) atoms. The molecule has 0 aliphatic carbocycles. The van der Waals surface area contributed by atoms with Gasteiger partial charge in [0.05, 0.1) is 10.4 Å². The first-order valence-corrected chi connectivity index (χ1v) is 17.2. The van der Waals surface area contributed by atoms with Gasteiger partial charge in [-0.25, -0.2) is 0 Å². The normalized spacial score (nSPS) is 20.2. The van der Waals surface area contributed by atoms with Crippen molar-refractivity contribution in [2.45, 2.75) is 78.1 Å². The SMILES string of the molecule is [2H]C([2H])(CC([2H])([2H])C(=O)N1C[C@@H](CCl)c2c1cc(OC(C)(C)C)c1scc(C)c21)C(=O)N1C[C@@H](CCl)c2c1cc(C)c1scc(C)c21. The highest BCUT2D eigenvalue weighted by Gasteiger charge is 2.37. The van der Waals surface area contributed by atoms with Gasteiger partial charge in [-0.05, 0) is 92.6 Å². The number of carbonyl (C=O) groups is 2. The summed E-state index contributed by atoms with van der Waals surface area (Å²) in [6, 6.07) is 3.67. The maximum Gasteiger partial charge on any atom is 0.227 e. The van der Waals surface area contributed by atoms with Gasteiger partial charge in [0.25, 0.3) is 0 Å². The third-order valence-electron chi connectivity index (χ3n) is 8.21. The number of aryl methyl sites for hydroxylation is 3. The van der Waals surface area contributed by atoms with Gasteiger partial charge >= 0.3 is 0 Å². The predicted molar refractivity (Wildman–Crippen MR) is 184 cm³/mol. The lowest BCUT2D eigenvalue weighted by molar-refractivity contribution is -0.119. The molecule has 2 amide bonds. The van der Waals surface area contributed by atoms with Gasteiger partial charge in [-0.2, -0.15) is 0 Å². The minimum Gasteiger partial charge on any atom is -0.487 e. The molecule has 9 heteroatoms. The van der Waals surface area contributed by atoms with Crippen LogP contribution in [0.15, 0.2) is 22.9 Å². The first-order valence-electron chi connectivity index (χ1n) is 16.4. The molecule has 0 bridgehead atoms. The molecule has 0 spiro atoms. The predicted octanol–water partition coefficient (Wildman–Crippen LogP) is 9.43. The molecule has 0 N–H and O–H groups in total. The number of nitrogens with zero attached hydrogens (tertiary/aromatic N) is 2. The van der Waals surface area contributed by atoms with Gasteiger partial charge in [0.1, 0.15) is 11.4 Å². The summed E-state index contributed by atoms with van der Waals surface area (Å²) >= 11 is 16.0. The fourth-order valence-corrected chi connectivity index (χ4v) is 8.99. The third-order valence-corrected chi connectivity index (χ3v) is 11.3. The van der Waals surface area contributed by atoms with Crippen LogP contribution in [0, 0.1) is 20.8 Å². The van der Waals surface area contributed by atoms with Crippen molar-refractivity contribution in [2.75, 3.05) is 34.6 Å². The summed E-state index contributed by atoms with van der Waals surface area (Å²) in [5.41, 5.74) is 5.44. The van der Waals surface area contributed by atoms with E-state index in [1.165, 1.54) is 9.80 Å². The second-order valence-corrected chi connectivity index (χ2v) is 14.8. The molecular formula is C34H38Cl2N2O3S2. The van der Waals surface area contributed by atoms with Crippen LogP contribution in [-0.2, 0) is 9.59 Å². The van der Waals surface area contributed by atoms with Crippen molar-refractivity contribution in [1.82, 2.24) is 0 Å². The molecule has 4 aromatic rings. The molecule has 2 aromatic heterocycles. The Morgan fingerprint density at radius 2 is 1.35 bits per heavy atom. The van der Waals surface area contributed by atoms with Crippen LogP contribution >= 0.6 is 45.9 Å². The van der Waals surface area contributed by atoms with Crippen molar-refractivity contribution in [2.24, 2.45) is 0 Å². The van der Waals surface area contributed by atoms with Crippen LogP contribution in [0.2, 0.25) is 0 Å². The Balaban J connectivity index is 1.34. The summed E-state index contributed by atoms with van der Waals surface area (Å²) in [6.07, 6.45) is -6.34. The number of thiophene rings is 2.